The van der Waals surface area contributed by atoms with E-state index in [0.717, 1.165) is 5.56 Å². The quantitative estimate of drug-likeness (QED) is 0.876. The normalized spacial score (nSPS) is 11.2. The summed E-state index contributed by atoms with van der Waals surface area (Å²) in [6, 6.07) is 6.84. The second-order valence-corrected chi connectivity index (χ2v) is 5.55. The number of aromatic amines is 1. The average Bonchev–Trinajstić information content (AvgIpc) is 2.37. The van der Waals surface area contributed by atoms with E-state index in [1.54, 1.807) is 30.6 Å². The van der Waals surface area contributed by atoms with Gasteiger partial charge in [-0.15, -0.1) is 0 Å². The predicted molar refractivity (Wildman–Crippen MR) is 77.5 cm³/mol. The Labute approximate surface area is 117 Å². The average molecular weight is 271 g/mol. The van der Waals surface area contributed by atoms with Crippen molar-refractivity contribution in [2.45, 2.75) is 26.3 Å². The highest BCUT2D eigenvalue weighted by molar-refractivity contribution is 5.94. The lowest BCUT2D eigenvalue weighted by Crippen LogP contribution is -2.42. The SMILES string of the molecule is CC(C)(C)NC(=O)c1ccc(-c2ccncc2)[nH]c1=O. The Morgan fingerprint density at radius 3 is 2.35 bits per heavy atom. The molecule has 0 saturated carbocycles. The van der Waals surface area contributed by atoms with Crippen molar-refractivity contribution in [3.63, 3.8) is 0 Å². The summed E-state index contributed by atoms with van der Waals surface area (Å²) in [5.74, 6) is -0.375. The molecule has 104 valence electrons. The van der Waals surface area contributed by atoms with Crippen LogP contribution in [0.25, 0.3) is 11.3 Å². The van der Waals surface area contributed by atoms with Gasteiger partial charge in [-0.2, -0.15) is 0 Å². The number of hydrogen-bond donors (Lipinski definition) is 2. The fourth-order valence-electron chi connectivity index (χ4n) is 1.76. The molecule has 0 atom stereocenters. The molecule has 0 aliphatic carbocycles. The molecule has 0 aliphatic heterocycles. The molecule has 1 amide bonds. The first-order valence-corrected chi connectivity index (χ1v) is 6.33. The summed E-state index contributed by atoms with van der Waals surface area (Å²) < 4.78 is 0. The van der Waals surface area contributed by atoms with E-state index in [4.69, 9.17) is 0 Å². The van der Waals surface area contributed by atoms with Gasteiger partial charge in [0.25, 0.3) is 11.5 Å². The number of hydrogen-bond acceptors (Lipinski definition) is 3. The summed E-state index contributed by atoms with van der Waals surface area (Å²) in [4.78, 5) is 30.6. The Kier molecular flexibility index (Phi) is 3.70. The van der Waals surface area contributed by atoms with E-state index >= 15 is 0 Å². The number of H-pyrrole nitrogens is 1. The molecule has 0 saturated heterocycles. The number of amides is 1. The molecule has 20 heavy (non-hydrogen) atoms. The third-order valence-corrected chi connectivity index (χ3v) is 2.63. The monoisotopic (exact) mass is 271 g/mol. The van der Waals surface area contributed by atoms with Crippen LogP contribution < -0.4 is 10.9 Å². The van der Waals surface area contributed by atoms with Gasteiger partial charge in [-0.25, -0.2) is 0 Å². The van der Waals surface area contributed by atoms with Crippen LogP contribution in [0.15, 0.2) is 41.5 Å². The van der Waals surface area contributed by atoms with E-state index in [0.29, 0.717) is 5.69 Å². The number of pyridine rings is 2. The fraction of sp³-hybridized carbons (Fsp3) is 0.267. The van der Waals surface area contributed by atoms with Gasteiger partial charge in [-0.1, -0.05) is 0 Å². The zero-order valence-corrected chi connectivity index (χ0v) is 11.7. The predicted octanol–water partition coefficient (Wildman–Crippen LogP) is 1.97. The van der Waals surface area contributed by atoms with Crippen LogP contribution in [0.4, 0.5) is 0 Å². The molecule has 0 unspecified atom stereocenters. The van der Waals surface area contributed by atoms with E-state index in [2.05, 4.69) is 15.3 Å². The van der Waals surface area contributed by atoms with E-state index in [9.17, 15) is 9.59 Å². The van der Waals surface area contributed by atoms with E-state index in [1.807, 2.05) is 20.8 Å². The minimum Gasteiger partial charge on any atom is -0.347 e. The highest BCUT2D eigenvalue weighted by atomic mass is 16.2. The molecule has 2 heterocycles. The molecule has 0 aromatic carbocycles. The van der Waals surface area contributed by atoms with Gasteiger partial charge in [0.15, 0.2) is 0 Å². The summed E-state index contributed by atoms with van der Waals surface area (Å²) in [6.45, 7) is 5.60. The lowest BCUT2D eigenvalue weighted by Gasteiger charge is -2.20. The molecule has 0 radical (unpaired) electrons. The zero-order valence-electron chi connectivity index (χ0n) is 11.7. The zero-order chi connectivity index (χ0) is 14.8. The molecular weight excluding hydrogens is 254 g/mol. The van der Waals surface area contributed by atoms with E-state index in [1.165, 1.54) is 6.07 Å². The molecule has 0 fully saturated rings. The molecule has 2 aromatic heterocycles. The molecule has 0 aliphatic rings. The molecule has 5 nitrogen and oxygen atoms in total. The van der Waals surface area contributed by atoms with Crippen LogP contribution in [0.2, 0.25) is 0 Å². The topological polar surface area (TPSA) is 74.8 Å². The Morgan fingerprint density at radius 2 is 1.80 bits per heavy atom. The molecule has 5 heteroatoms. The van der Waals surface area contributed by atoms with Crippen LogP contribution in [0.5, 0.6) is 0 Å². The second-order valence-electron chi connectivity index (χ2n) is 5.55. The van der Waals surface area contributed by atoms with Crippen molar-refractivity contribution in [3.05, 3.63) is 52.6 Å². The summed E-state index contributed by atoms with van der Waals surface area (Å²) in [5.41, 5.74) is 0.830. The van der Waals surface area contributed by atoms with Crippen molar-refractivity contribution >= 4 is 5.91 Å². The standard InChI is InChI=1S/C15H17N3O2/c1-15(2,3)18-14(20)11-4-5-12(17-13(11)19)10-6-8-16-9-7-10/h4-9H,1-3H3,(H,17,19)(H,18,20). The maximum atomic E-state index is 12.0. The van der Waals surface area contributed by atoms with Gasteiger partial charge in [0, 0.05) is 29.2 Å². The largest absolute Gasteiger partial charge is 0.347 e. The number of nitrogens with zero attached hydrogens (tertiary/aromatic N) is 1. The molecule has 2 rings (SSSR count). The Morgan fingerprint density at radius 1 is 1.15 bits per heavy atom. The first kappa shape index (κ1) is 14.0. The lowest BCUT2D eigenvalue weighted by atomic mass is 10.1. The minimum absolute atomic E-state index is 0.109. The van der Waals surface area contributed by atoms with Crippen molar-refractivity contribution < 1.29 is 4.79 Å². The van der Waals surface area contributed by atoms with Crippen molar-refractivity contribution in [3.8, 4) is 11.3 Å². The Bertz CT molecular complexity index is 670. The first-order chi connectivity index (χ1) is 9.37. The van der Waals surface area contributed by atoms with Crippen LogP contribution in [0.3, 0.4) is 0 Å². The lowest BCUT2D eigenvalue weighted by molar-refractivity contribution is 0.0918. The maximum absolute atomic E-state index is 12.0. The maximum Gasteiger partial charge on any atom is 0.261 e. The molecule has 0 spiro atoms. The number of rotatable bonds is 2. The Hall–Kier alpha value is -2.43. The van der Waals surface area contributed by atoms with Gasteiger partial charge < -0.3 is 10.3 Å². The van der Waals surface area contributed by atoms with Crippen molar-refractivity contribution in [1.82, 2.24) is 15.3 Å². The number of aromatic nitrogens is 2. The Balaban J connectivity index is 2.32. The third kappa shape index (κ3) is 3.32. The van der Waals surface area contributed by atoms with Crippen molar-refractivity contribution in [2.75, 3.05) is 0 Å². The molecule has 0 bridgehead atoms. The van der Waals surface area contributed by atoms with Gasteiger partial charge in [-0.05, 0) is 45.0 Å². The van der Waals surface area contributed by atoms with Gasteiger partial charge >= 0.3 is 0 Å². The highest BCUT2D eigenvalue weighted by Crippen LogP contribution is 2.14. The van der Waals surface area contributed by atoms with E-state index < -0.39 is 5.56 Å². The van der Waals surface area contributed by atoms with E-state index in [-0.39, 0.29) is 17.0 Å². The van der Waals surface area contributed by atoms with Crippen molar-refractivity contribution in [1.29, 1.82) is 0 Å². The van der Waals surface area contributed by atoms with Crippen LogP contribution in [0.1, 0.15) is 31.1 Å². The summed E-state index contributed by atoms with van der Waals surface area (Å²) in [6.07, 6.45) is 3.29. The van der Waals surface area contributed by atoms with Crippen LogP contribution in [-0.4, -0.2) is 21.4 Å². The first-order valence-electron chi connectivity index (χ1n) is 6.33. The highest BCUT2D eigenvalue weighted by Gasteiger charge is 2.17. The van der Waals surface area contributed by atoms with Crippen LogP contribution >= 0.6 is 0 Å². The van der Waals surface area contributed by atoms with Crippen LogP contribution in [-0.2, 0) is 0 Å². The van der Waals surface area contributed by atoms with Gasteiger partial charge in [0.1, 0.15) is 5.56 Å². The summed E-state index contributed by atoms with van der Waals surface area (Å²) in [7, 11) is 0. The summed E-state index contributed by atoms with van der Waals surface area (Å²) >= 11 is 0. The number of carbonyl (C=O) groups excluding carboxylic acids is 1. The smallest absolute Gasteiger partial charge is 0.261 e. The summed E-state index contributed by atoms with van der Waals surface area (Å²) in [5, 5.41) is 2.77. The van der Waals surface area contributed by atoms with Crippen molar-refractivity contribution in [2.24, 2.45) is 0 Å². The minimum atomic E-state index is -0.402. The number of carbonyl (C=O) groups is 1. The van der Waals surface area contributed by atoms with Gasteiger partial charge in [-0.3, -0.25) is 14.6 Å². The number of nitrogens with one attached hydrogen (secondary N) is 2. The van der Waals surface area contributed by atoms with Gasteiger partial charge in [0.05, 0.1) is 0 Å². The van der Waals surface area contributed by atoms with Crippen LogP contribution in [0, 0.1) is 0 Å². The molecule has 2 aromatic rings. The second kappa shape index (κ2) is 5.28. The molecule has 2 N–H and O–H groups in total. The fourth-order valence-corrected chi connectivity index (χ4v) is 1.76. The van der Waals surface area contributed by atoms with Gasteiger partial charge in [0.2, 0.25) is 0 Å². The third-order valence-electron chi connectivity index (χ3n) is 2.63. The molecular formula is C15H17N3O2.